The number of hydrogen-bond donors (Lipinski definition) is 2. The van der Waals surface area contributed by atoms with E-state index in [9.17, 15) is 0 Å². The van der Waals surface area contributed by atoms with Crippen molar-refractivity contribution in [1.82, 2.24) is 10.8 Å². The maximum atomic E-state index is 3.03. The first-order valence-corrected chi connectivity index (χ1v) is 2.49. The van der Waals surface area contributed by atoms with Crippen LogP contribution in [0.2, 0.25) is 6.82 Å². The lowest BCUT2D eigenvalue weighted by molar-refractivity contribution is 0.811. The summed E-state index contributed by atoms with van der Waals surface area (Å²) in [5, 5.41) is 3.03. The van der Waals surface area contributed by atoms with E-state index >= 15 is 0 Å². The van der Waals surface area contributed by atoms with Gasteiger partial charge in [0.15, 0.2) is 0 Å². The lowest BCUT2D eigenvalue weighted by Crippen LogP contribution is -2.32. The SMILES string of the molecule is CB1C=C(C)NN1. The summed E-state index contributed by atoms with van der Waals surface area (Å²) in [5.74, 6) is 2.14. The van der Waals surface area contributed by atoms with Crippen molar-refractivity contribution in [2.24, 2.45) is 0 Å². The molecule has 0 saturated heterocycles. The van der Waals surface area contributed by atoms with Crippen LogP contribution in [0.15, 0.2) is 11.7 Å². The molecule has 0 spiro atoms. The van der Waals surface area contributed by atoms with Gasteiger partial charge in [-0.05, 0) is 6.92 Å². The Balaban J connectivity index is 2.50. The van der Waals surface area contributed by atoms with Gasteiger partial charge in [-0.25, -0.2) is 0 Å². The fourth-order valence-corrected chi connectivity index (χ4v) is 0.686. The average Bonchev–Trinajstić information content (AvgIpc) is 1.87. The summed E-state index contributed by atoms with van der Waals surface area (Å²) >= 11 is 0. The fourth-order valence-electron chi connectivity index (χ4n) is 0.686. The molecular formula is C4H9BN2. The molecule has 0 saturated carbocycles. The molecule has 1 aliphatic rings. The van der Waals surface area contributed by atoms with Gasteiger partial charge in [0.05, 0.1) is 0 Å². The Labute approximate surface area is 44.1 Å². The highest BCUT2D eigenvalue weighted by molar-refractivity contribution is 6.60. The molecule has 1 heterocycles. The van der Waals surface area contributed by atoms with Gasteiger partial charge in [-0.15, -0.1) is 0 Å². The average molecular weight is 95.9 g/mol. The van der Waals surface area contributed by atoms with E-state index in [1.54, 1.807) is 0 Å². The van der Waals surface area contributed by atoms with Crippen molar-refractivity contribution < 1.29 is 0 Å². The zero-order chi connectivity index (χ0) is 5.28. The smallest absolute Gasteiger partial charge is 0.267 e. The predicted molar refractivity (Wildman–Crippen MR) is 31.6 cm³/mol. The lowest BCUT2D eigenvalue weighted by atomic mass is 9.67. The zero-order valence-corrected chi connectivity index (χ0v) is 4.65. The van der Waals surface area contributed by atoms with Crippen LogP contribution in [0.5, 0.6) is 0 Å². The second-order valence-electron chi connectivity index (χ2n) is 1.91. The van der Waals surface area contributed by atoms with Crippen molar-refractivity contribution in [3.8, 4) is 0 Å². The Morgan fingerprint density at radius 3 is 2.57 bits per heavy atom. The van der Waals surface area contributed by atoms with E-state index in [1.165, 1.54) is 5.70 Å². The molecule has 0 atom stereocenters. The highest BCUT2D eigenvalue weighted by atomic mass is 15.3. The van der Waals surface area contributed by atoms with Crippen LogP contribution in [-0.4, -0.2) is 6.85 Å². The standard InChI is InChI=1S/C4H9BN2/c1-4-3-5(2)7-6-4/h3,6-7H,1-2H3. The summed E-state index contributed by atoms with van der Waals surface area (Å²) in [5.41, 5.74) is 4.20. The highest BCUT2D eigenvalue weighted by Crippen LogP contribution is 1.92. The molecule has 0 aromatic rings. The topological polar surface area (TPSA) is 24.1 Å². The number of hydrazine groups is 1. The van der Waals surface area contributed by atoms with Crippen LogP contribution < -0.4 is 10.8 Å². The molecule has 1 aliphatic heterocycles. The Morgan fingerprint density at radius 2 is 2.43 bits per heavy atom. The molecule has 2 N–H and O–H groups in total. The molecule has 0 aromatic heterocycles. The summed E-state index contributed by atoms with van der Waals surface area (Å²) < 4.78 is 0. The van der Waals surface area contributed by atoms with Crippen LogP contribution in [-0.2, 0) is 0 Å². The van der Waals surface area contributed by atoms with E-state index in [2.05, 4.69) is 23.6 Å². The monoisotopic (exact) mass is 96.1 g/mol. The van der Waals surface area contributed by atoms with Gasteiger partial charge in [0.1, 0.15) is 0 Å². The molecule has 38 valence electrons. The Morgan fingerprint density at radius 1 is 1.71 bits per heavy atom. The summed E-state index contributed by atoms with van der Waals surface area (Å²) in [4.78, 5) is 0. The third-order valence-electron chi connectivity index (χ3n) is 0.997. The lowest BCUT2D eigenvalue weighted by Gasteiger charge is -1.95. The van der Waals surface area contributed by atoms with E-state index in [0.29, 0.717) is 6.85 Å². The predicted octanol–water partition coefficient (Wildman–Crippen LogP) is 0.158. The maximum absolute atomic E-state index is 3.03. The van der Waals surface area contributed by atoms with Crippen molar-refractivity contribution in [2.75, 3.05) is 0 Å². The van der Waals surface area contributed by atoms with Gasteiger partial charge >= 0.3 is 0 Å². The van der Waals surface area contributed by atoms with Crippen molar-refractivity contribution in [3.63, 3.8) is 0 Å². The summed E-state index contributed by atoms with van der Waals surface area (Å²) in [6.45, 7) is 4.64. The molecule has 0 bridgehead atoms. The number of nitrogens with one attached hydrogen (secondary N) is 2. The van der Waals surface area contributed by atoms with E-state index in [0.717, 1.165) is 0 Å². The number of hydrogen-bond acceptors (Lipinski definition) is 2. The third kappa shape index (κ3) is 0.964. The second-order valence-corrected chi connectivity index (χ2v) is 1.91. The number of allylic oxidation sites excluding steroid dienone is 1. The van der Waals surface area contributed by atoms with Gasteiger partial charge in [0.25, 0.3) is 6.85 Å². The normalized spacial score (nSPS) is 19.1. The molecule has 0 unspecified atom stereocenters. The number of rotatable bonds is 0. The van der Waals surface area contributed by atoms with Crippen molar-refractivity contribution in [1.29, 1.82) is 0 Å². The van der Waals surface area contributed by atoms with E-state index in [4.69, 9.17) is 0 Å². The minimum atomic E-state index is 0.500. The molecule has 0 aromatic carbocycles. The molecule has 0 fully saturated rings. The van der Waals surface area contributed by atoms with Crippen LogP contribution in [0.3, 0.4) is 0 Å². The molecule has 0 amide bonds. The minimum Gasteiger partial charge on any atom is -0.337 e. The maximum Gasteiger partial charge on any atom is 0.267 e. The zero-order valence-electron chi connectivity index (χ0n) is 4.65. The highest BCUT2D eigenvalue weighted by Gasteiger charge is 2.07. The van der Waals surface area contributed by atoms with E-state index in [1.807, 2.05) is 6.92 Å². The molecule has 7 heavy (non-hydrogen) atoms. The first-order chi connectivity index (χ1) is 3.29. The molecule has 0 aliphatic carbocycles. The largest absolute Gasteiger partial charge is 0.337 e. The molecular weight excluding hydrogens is 86.9 g/mol. The second kappa shape index (κ2) is 1.58. The van der Waals surface area contributed by atoms with Gasteiger partial charge in [-0.2, -0.15) is 0 Å². The van der Waals surface area contributed by atoms with Crippen LogP contribution in [0, 0.1) is 0 Å². The van der Waals surface area contributed by atoms with Crippen molar-refractivity contribution in [3.05, 3.63) is 11.7 Å². The molecule has 1 rings (SSSR count). The van der Waals surface area contributed by atoms with E-state index < -0.39 is 0 Å². The van der Waals surface area contributed by atoms with Crippen LogP contribution in [0.4, 0.5) is 0 Å². The van der Waals surface area contributed by atoms with Gasteiger partial charge in [-0.3, -0.25) is 5.34 Å². The van der Waals surface area contributed by atoms with Crippen molar-refractivity contribution >= 4 is 6.85 Å². The van der Waals surface area contributed by atoms with Crippen molar-refractivity contribution in [2.45, 2.75) is 13.7 Å². The van der Waals surface area contributed by atoms with E-state index in [-0.39, 0.29) is 0 Å². The Bertz CT molecular complexity index is 99.9. The summed E-state index contributed by atoms with van der Waals surface area (Å²) in [7, 11) is 0. The quantitative estimate of drug-likeness (QED) is 0.419. The van der Waals surface area contributed by atoms with Crippen LogP contribution >= 0.6 is 0 Å². The minimum absolute atomic E-state index is 0.500. The van der Waals surface area contributed by atoms with Crippen LogP contribution in [0.1, 0.15) is 6.92 Å². The van der Waals surface area contributed by atoms with Gasteiger partial charge in [0.2, 0.25) is 0 Å². The Kier molecular flexibility index (Phi) is 1.07. The Hall–Kier alpha value is -0.435. The van der Waals surface area contributed by atoms with Gasteiger partial charge in [-0.1, -0.05) is 12.8 Å². The molecule has 3 heteroatoms. The van der Waals surface area contributed by atoms with Crippen LogP contribution in [0.25, 0.3) is 0 Å². The van der Waals surface area contributed by atoms with Gasteiger partial charge in [0, 0.05) is 5.70 Å². The molecule has 0 radical (unpaired) electrons. The fraction of sp³-hybridized carbons (Fsp3) is 0.500. The first-order valence-electron chi connectivity index (χ1n) is 2.49. The first kappa shape index (κ1) is 4.72. The third-order valence-corrected chi connectivity index (χ3v) is 0.997. The van der Waals surface area contributed by atoms with Gasteiger partial charge < -0.3 is 5.43 Å². The molecule has 2 nitrogen and oxygen atoms in total. The summed E-state index contributed by atoms with van der Waals surface area (Å²) in [6, 6.07) is 0. The summed E-state index contributed by atoms with van der Waals surface area (Å²) in [6.07, 6.45) is 0.